The van der Waals surface area contributed by atoms with E-state index in [1.807, 2.05) is 25.1 Å². The SMILES string of the molecule is CC[C@H]1CN2CCc3cc(OC)c(OC)cc3[C@@H]2[C@H]([C@@]2(O)C(=O)Nc3ccccc32)C1=O. The van der Waals surface area contributed by atoms with E-state index >= 15 is 0 Å². The molecule has 7 nitrogen and oxygen atoms in total. The Bertz CT molecular complexity index is 1100. The Morgan fingerprint density at radius 3 is 2.59 bits per heavy atom. The molecule has 1 fully saturated rings. The van der Waals surface area contributed by atoms with Gasteiger partial charge in [0.2, 0.25) is 0 Å². The van der Waals surface area contributed by atoms with E-state index in [2.05, 4.69) is 10.2 Å². The number of anilines is 1. The van der Waals surface area contributed by atoms with Crippen LogP contribution in [0.15, 0.2) is 36.4 Å². The molecule has 7 heteroatoms. The average Bonchev–Trinajstić information content (AvgIpc) is 3.07. The second kappa shape index (κ2) is 7.60. The molecule has 0 bridgehead atoms. The first kappa shape index (κ1) is 21.0. The molecular formula is C25H28N2O5. The van der Waals surface area contributed by atoms with Crippen molar-refractivity contribution in [3.8, 4) is 11.5 Å². The topological polar surface area (TPSA) is 88.1 Å². The lowest BCUT2D eigenvalue weighted by atomic mass is 9.66. The van der Waals surface area contributed by atoms with Crippen molar-refractivity contribution in [2.75, 3.05) is 32.6 Å². The molecule has 0 radical (unpaired) electrons. The number of piperidine rings is 1. The Kier molecular flexibility index (Phi) is 4.98. The zero-order chi connectivity index (χ0) is 22.6. The Morgan fingerprint density at radius 1 is 1.16 bits per heavy atom. The number of methoxy groups -OCH3 is 2. The smallest absolute Gasteiger partial charge is 0.261 e. The van der Waals surface area contributed by atoms with Crippen LogP contribution in [0.1, 0.15) is 36.1 Å². The second-order valence-corrected chi connectivity index (χ2v) is 8.85. The monoisotopic (exact) mass is 436 g/mol. The minimum Gasteiger partial charge on any atom is -0.493 e. The van der Waals surface area contributed by atoms with Crippen molar-refractivity contribution in [3.63, 3.8) is 0 Å². The summed E-state index contributed by atoms with van der Waals surface area (Å²) < 4.78 is 11.0. The molecule has 4 atom stereocenters. The highest BCUT2D eigenvalue weighted by atomic mass is 16.5. The molecule has 2 aromatic carbocycles. The molecule has 2 N–H and O–H groups in total. The average molecular weight is 437 g/mol. The number of rotatable bonds is 4. The number of ether oxygens (including phenoxy) is 2. The molecular weight excluding hydrogens is 408 g/mol. The Hall–Kier alpha value is -2.90. The molecule has 1 amide bonds. The maximum atomic E-state index is 13.8. The molecule has 168 valence electrons. The van der Waals surface area contributed by atoms with Crippen molar-refractivity contribution in [1.82, 2.24) is 4.90 Å². The van der Waals surface area contributed by atoms with Gasteiger partial charge in [0.15, 0.2) is 17.1 Å². The molecule has 0 spiro atoms. The molecule has 1 saturated heterocycles. The molecule has 32 heavy (non-hydrogen) atoms. The summed E-state index contributed by atoms with van der Waals surface area (Å²) in [6.07, 6.45) is 1.46. The van der Waals surface area contributed by atoms with Crippen LogP contribution in [-0.4, -0.2) is 49.0 Å². The number of hydrogen-bond donors (Lipinski definition) is 2. The molecule has 3 aliphatic heterocycles. The van der Waals surface area contributed by atoms with E-state index in [9.17, 15) is 14.7 Å². The Morgan fingerprint density at radius 2 is 1.88 bits per heavy atom. The summed E-state index contributed by atoms with van der Waals surface area (Å²) in [6, 6.07) is 10.5. The van der Waals surface area contributed by atoms with Crippen LogP contribution in [0.2, 0.25) is 0 Å². The number of ketones is 1. The van der Waals surface area contributed by atoms with Crippen LogP contribution in [0.4, 0.5) is 5.69 Å². The van der Waals surface area contributed by atoms with Crippen LogP contribution >= 0.6 is 0 Å². The predicted molar refractivity (Wildman–Crippen MR) is 119 cm³/mol. The minimum atomic E-state index is -1.94. The number of nitrogens with zero attached hydrogens (tertiary/aromatic N) is 1. The van der Waals surface area contributed by atoms with Gasteiger partial charge in [-0.1, -0.05) is 25.1 Å². The molecule has 0 aliphatic carbocycles. The standard InChI is InChI=1S/C25H28N2O5/c1-4-14-13-27-10-9-15-11-19(31-2)20(32-3)12-16(15)22(27)21(23(14)28)25(30)17-7-5-6-8-18(17)26-24(25)29/h5-8,11-12,14,21-22,30H,4,9-10,13H2,1-3H3,(H,26,29)/t14-,21-,22+,25+/m0/s1. The molecule has 3 heterocycles. The lowest BCUT2D eigenvalue weighted by Gasteiger charge is -2.50. The van der Waals surface area contributed by atoms with Gasteiger partial charge in [0.05, 0.1) is 20.1 Å². The molecule has 3 aliphatic rings. The highest BCUT2D eigenvalue weighted by Crippen LogP contribution is 2.53. The first-order chi connectivity index (χ1) is 15.4. The van der Waals surface area contributed by atoms with E-state index in [1.165, 1.54) is 0 Å². The summed E-state index contributed by atoms with van der Waals surface area (Å²) in [6.45, 7) is 3.34. The Balaban J connectivity index is 1.72. The van der Waals surface area contributed by atoms with Gasteiger partial charge in [-0.3, -0.25) is 14.5 Å². The van der Waals surface area contributed by atoms with E-state index in [1.54, 1.807) is 32.4 Å². The fraction of sp³-hybridized carbons (Fsp3) is 0.440. The van der Waals surface area contributed by atoms with Crippen LogP contribution in [0.5, 0.6) is 11.5 Å². The van der Waals surface area contributed by atoms with Gasteiger partial charge >= 0.3 is 0 Å². The number of para-hydroxylation sites is 1. The van der Waals surface area contributed by atoms with Crippen molar-refractivity contribution >= 4 is 17.4 Å². The third-order valence-corrected chi connectivity index (χ3v) is 7.38. The molecule has 5 rings (SSSR count). The van der Waals surface area contributed by atoms with Crippen molar-refractivity contribution < 1.29 is 24.2 Å². The van der Waals surface area contributed by atoms with Crippen molar-refractivity contribution in [3.05, 3.63) is 53.1 Å². The minimum absolute atomic E-state index is 0.0641. The fourth-order valence-electron chi connectivity index (χ4n) is 5.74. The van der Waals surface area contributed by atoms with E-state index in [4.69, 9.17) is 9.47 Å². The normalized spacial score (nSPS) is 29.1. The number of amides is 1. The zero-order valence-electron chi connectivity index (χ0n) is 18.6. The summed E-state index contributed by atoms with van der Waals surface area (Å²) in [5.41, 5.74) is 1.04. The van der Waals surface area contributed by atoms with Crippen LogP contribution in [0.25, 0.3) is 0 Å². The third-order valence-electron chi connectivity index (χ3n) is 7.38. The van der Waals surface area contributed by atoms with Crippen molar-refractivity contribution in [2.45, 2.75) is 31.4 Å². The van der Waals surface area contributed by atoms with E-state index in [-0.39, 0.29) is 11.7 Å². The third kappa shape index (κ3) is 2.81. The largest absolute Gasteiger partial charge is 0.493 e. The first-order valence-electron chi connectivity index (χ1n) is 11.1. The van der Waals surface area contributed by atoms with Crippen LogP contribution in [0, 0.1) is 11.8 Å². The number of benzene rings is 2. The van der Waals surface area contributed by atoms with E-state index < -0.39 is 23.5 Å². The van der Waals surface area contributed by atoms with Gasteiger partial charge in [0, 0.05) is 36.3 Å². The van der Waals surface area contributed by atoms with E-state index in [0.29, 0.717) is 35.7 Å². The number of carbonyl (C=O) groups excluding carboxylic acids is 2. The molecule has 0 saturated carbocycles. The number of nitrogens with one attached hydrogen (secondary N) is 1. The van der Waals surface area contributed by atoms with Gasteiger partial charge in [-0.15, -0.1) is 0 Å². The van der Waals surface area contributed by atoms with E-state index in [0.717, 1.165) is 24.1 Å². The predicted octanol–water partition coefficient (Wildman–Crippen LogP) is 2.67. The lowest BCUT2D eigenvalue weighted by molar-refractivity contribution is -0.162. The quantitative estimate of drug-likeness (QED) is 0.766. The maximum absolute atomic E-state index is 13.8. The highest BCUT2D eigenvalue weighted by molar-refractivity contribution is 6.08. The number of fused-ring (bicyclic) bond motifs is 4. The zero-order valence-corrected chi connectivity index (χ0v) is 18.6. The molecule has 0 aromatic heterocycles. The summed E-state index contributed by atoms with van der Waals surface area (Å²) in [5.74, 6) is -0.565. The number of Topliss-reactive ketones (excluding diaryl/α,β-unsaturated/α-hetero) is 1. The van der Waals surface area contributed by atoms with Crippen LogP contribution in [0.3, 0.4) is 0 Å². The van der Waals surface area contributed by atoms with Gasteiger partial charge in [-0.2, -0.15) is 0 Å². The van der Waals surface area contributed by atoms with Gasteiger partial charge in [0.25, 0.3) is 5.91 Å². The molecule has 0 unspecified atom stereocenters. The highest BCUT2D eigenvalue weighted by Gasteiger charge is 2.61. The van der Waals surface area contributed by atoms with Gasteiger partial charge < -0.3 is 19.9 Å². The summed E-state index contributed by atoms with van der Waals surface area (Å²) in [5, 5.41) is 14.8. The van der Waals surface area contributed by atoms with Crippen molar-refractivity contribution in [2.24, 2.45) is 11.8 Å². The number of hydrogen-bond acceptors (Lipinski definition) is 6. The van der Waals surface area contributed by atoms with Gasteiger partial charge in [-0.25, -0.2) is 0 Å². The van der Waals surface area contributed by atoms with Gasteiger partial charge in [0.1, 0.15) is 5.78 Å². The van der Waals surface area contributed by atoms with Crippen molar-refractivity contribution in [1.29, 1.82) is 0 Å². The van der Waals surface area contributed by atoms with Crippen LogP contribution < -0.4 is 14.8 Å². The van der Waals surface area contributed by atoms with Crippen LogP contribution in [-0.2, 0) is 21.6 Å². The maximum Gasteiger partial charge on any atom is 0.261 e. The second-order valence-electron chi connectivity index (χ2n) is 8.85. The number of carbonyl (C=O) groups is 2. The molecule has 2 aromatic rings. The Labute approximate surface area is 187 Å². The summed E-state index contributed by atoms with van der Waals surface area (Å²) in [4.78, 5) is 29.3. The summed E-state index contributed by atoms with van der Waals surface area (Å²) in [7, 11) is 3.18. The summed E-state index contributed by atoms with van der Waals surface area (Å²) >= 11 is 0. The first-order valence-corrected chi connectivity index (χ1v) is 11.1. The lowest BCUT2D eigenvalue weighted by Crippen LogP contribution is -2.59. The van der Waals surface area contributed by atoms with Gasteiger partial charge in [-0.05, 0) is 42.2 Å². The fourth-order valence-corrected chi connectivity index (χ4v) is 5.74. The number of aliphatic hydroxyl groups is 1.